The first kappa shape index (κ1) is 22.2. The van der Waals surface area contributed by atoms with Gasteiger partial charge in [0.05, 0.1) is 19.7 Å². The minimum Gasteiger partial charge on any atom is -0.493 e. The number of methoxy groups -OCH3 is 2. The van der Waals surface area contributed by atoms with E-state index in [1.54, 1.807) is 14.2 Å². The smallest absolute Gasteiger partial charge is 0.228 e. The fourth-order valence-electron chi connectivity index (χ4n) is 4.99. The number of piperazine rings is 1. The molecule has 1 aromatic carbocycles. The Labute approximate surface area is 189 Å². The van der Waals surface area contributed by atoms with Crippen molar-refractivity contribution in [3.63, 3.8) is 0 Å². The van der Waals surface area contributed by atoms with Gasteiger partial charge in [-0.15, -0.1) is 0 Å². The van der Waals surface area contributed by atoms with Crippen molar-refractivity contribution in [2.24, 2.45) is 5.41 Å². The van der Waals surface area contributed by atoms with Gasteiger partial charge in [0.2, 0.25) is 5.95 Å². The van der Waals surface area contributed by atoms with Crippen molar-refractivity contribution in [3.8, 4) is 11.5 Å². The molecule has 0 saturated carbocycles. The van der Waals surface area contributed by atoms with Crippen molar-refractivity contribution >= 4 is 28.5 Å². The van der Waals surface area contributed by atoms with Crippen LogP contribution in [0.1, 0.15) is 39.5 Å². The molecule has 4 rings (SSSR count). The van der Waals surface area contributed by atoms with Gasteiger partial charge in [0.1, 0.15) is 5.82 Å². The minimum absolute atomic E-state index is 0.0725. The van der Waals surface area contributed by atoms with E-state index >= 15 is 0 Å². The molecule has 0 radical (unpaired) electrons. The van der Waals surface area contributed by atoms with Gasteiger partial charge in [-0.25, -0.2) is 4.98 Å². The highest BCUT2D eigenvalue weighted by atomic mass is 16.5. The summed E-state index contributed by atoms with van der Waals surface area (Å²) in [5, 5.41) is 0.742. The van der Waals surface area contributed by atoms with Gasteiger partial charge in [-0.1, -0.05) is 20.3 Å². The molecular weight excluding hydrogens is 406 g/mol. The number of hydrogen-bond acceptors (Lipinski definition) is 8. The van der Waals surface area contributed by atoms with Gasteiger partial charge < -0.3 is 25.0 Å². The number of aromatic nitrogens is 2. The summed E-state index contributed by atoms with van der Waals surface area (Å²) in [6.07, 6.45) is 5.66. The molecule has 0 amide bonds. The third-order valence-corrected chi connectivity index (χ3v) is 6.58. The normalized spacial score (nSPS) is 21.6. The van der Waals surface area contributed by atoms with E-state index in [4.69, 9.17) is 20.2 Å². The number of ether oxygens (including phenoxy) is 2. The zero-order valence-electron chi connectivity index (χ0n) is 19.5. The Balaban J connectivity index is 1.51. The molecule has 8 heteroatoms. The summed E-state index contributed by atoms with van der Waals surface area (Å²) in [6, 6.07) is 3.64. The number of nitrogen functional groups attached to an aromatic ring is 1. The summed E-state index contributed by atoms with van der Waals surface area (Å²) in [7, 11) is 3.19. The van der Waals surface area contributed by atoms with Crippen LogP contribution in [0.5, 0.6) is 11.5 Å². The van der Waals surface area contributed by atoms with Crippen LogP contribution in [0.3, 0.4) is 0 Å². The SMILES string of the molecule is CCCC1(C)CC(=O)C=C(N2CCN(c3nc(N)c4cc(OC)c(OC)cc4n3)CC2)C1. The highest BCUT2D eigenvalue weighted by Crippen LogP contribution is 2.40. The minimum atomic E-state index is 0.0725. The highest BCUT2D eigenvalue weighted by Gasteiger charge is 2.34. The second-order valence-electron chi connectivity index (χ2n) is 9.12. The molecule has 2 aliphatic rings. The lowest BCUT2D eigenvalue weighted by Crippen LogP contribution is -2.47. The molecule has 32 heavy (non-hydrogen) atoms. The van der Waals surface area contributed by atoms with Crippen LogP contribution < -0.4 is 20.1 Å². The number of rotatable bonds is 6. The first-order chi connectivity index (χ1) is 15.4. The number of nitrogens with zero attached hydrogens (tertiary/aromatic N) is 4. The molecule has 2 heterocycles. The Hall–Kier alpha value is -3.03. The number of fused-ring (bicyclic) bond motifs is 1. The van der Waals surface area contributed by atoms with Crippen molar-refractivity contribution in [2.75, 3.05) is 51.0 Å². The van der Waals surface area contributed by atoms with E-state index in [2.05, 4.69) is 28.6 Å². The van der Waals surface area contributed by atoms with Crippen LogP contribution in [-0.2, 0) is 4.79 Å². The van der Waals surface area contributed by atoms with Crippen molar-refractivity contribution in [1.82, 2.24) is 14.9 Å². The molecule has 1 aliphatic carbocycles. The summed E-state index contributed by atoms with van der Waals surface area (Å²) in [5.41, 5.74) is 8.24. The Kier molecular flexibility index (Phi) is 6.13. The summed E-state index contributed by atoms with van der Waals surface area (Å²) in [6.45, 7) is 7.63. The lowest BCUT2D eigenvalue weighted by atomic mass is 9.73. The number of carbonyl (C=O) groups is 1. The Bertz CT molecular complexity index is 1050. The van der Waals surface area contributed by atoms with Crippen molar-refractivity contribution in [3.05, 3.63) is 23.9 Å². The maximum absolute atomic E-state index is 12.4. The van der Waals surface area contributed by atoms with E-state index in [1.807, 2.05) is 18.2 Å². The standard InChI is InChI=1S/C24H33N5O3/c1-5-6-24(2)14-16(11-17(30)15-24)28-7-9-29(10-8-28)23-26-19-13-21(32-4)20(31-3)12-18(19)22(25)27-23/h11-13H,5-10,14-15H2,1-4H3,(H2,25,26,27). The predicted molar refractivity (Wildman–Crippen MR) is 126 cm³/mol. The molecule has 1 atom stereocenters. The van der Waals surface area contributed by atoms with Crippen LogP contribution in [0.2, 0.25) is 0 Å². The van der Waals surface area contributed by atoms with Crippen LogP contribution in [0, 0.1) is 5.41 Å². The summed E-state index contributed by atoms with van der Waals surface area (Å²) < 4.78 is 10.8. The molecule has 8 nitrogen and oxygen atoms in total. The lowest BCUT2D eigenvalue weighted by Gasteiger charge is -2.42. The van der Waals surface area contributed by atoms with Crippen molar-refractivity contribution in [1.29, 1.82) is 0 Å². The van der Waals surface area contributed by atoms with Gasteiger partial charge in [-0.05, 0) is 24.3 Å². The van der Waals surface area contributed by atoms with Gasteiger partial charge >= 0.3 is 0 Å². The topological polar surface area (TPSA) is 93.8 Å². The predicted octanol–water partition coefficient (Wildman–Crippen LogP) is 3.40. The number of hydrogen-bond donors (Lipinski definition) is 1. The van der Waals surface area contributed by atoms with E-state index in [1.165, 1.54) is 5.70 Å². The average Bonchev–Trinajstić information content (AvgIpc) is 2.77. The Morgan fingerprint density at radius 2 is 1.69 bits per heavy atom. The molecule has 0 bridgehead atoms. The fraction of sp³-hybridized carbons (Fsp3) is 0.542. The van der Waals surface area contributed by atoms with Gasteiger partial charge in [-0.3, -0.25) is 4.79 Å². The maximum atomic E-state index is 12.4. The van der Waals surface area contributed by atoms with E-state index in [9.17, 15) is 4.79 Å². The van der Waals surface area contributed by atoms with Crippen molar-refractivity contribution in [2.45, 2.75) is 39.5 Å². The zero-order valence-corrected chi connectivity index (χ0v) is 19.5. The molecule has 1 aliphatic heterocycles. The fourth-order valence-corrected chi connectivity index (χ4v) is 4.99. The largest absolute Gasteiger partial charge is 0.493 e. The van der Waals surface area contributed by atoms with Gasteiger partial charge in [0.25, 0.3) is 0 Å². The number of anilines is 2. The third-order valence-electron chi connectivity index (χ3n) is 6.58. The van der Waals surface area contributed by atoms with Crippen LogP contribution in [0.25, 0.3) is 10.9 Å². The van der Waals surface area contributed by atoms with Gasteiger partial charge in [0.15, 0.2) is 17.3 Å². The van der Waals surface area contributed by atoms with Crippen LogP contribution in [-0.4, -0.2) is 61.0 Å². The molecule has 1 unspecified atom stereocenters. The summed E-state index contributed by atoms with van der Waals surface area (Å²) in [5.74, 6) is 2.50. The average molecular weight is 440 g/mol. The van der Waals surface area contributed by atoms with E-state index in [0.29, 0.717) is 29.7 Å². The van der Waals surface area contributed by atoms with Gasteiger partial charge in [0, 0.05) is 55.8 Å². The molecule has 172 valence electrons. The molecular formula is C24H33N5O3. The second kappa shape index (κ2) is 8.84. The zero-order chi connectivity index (χ0) is 22.9. The lowest BCUT2D eigenvalue weighted by molar-refractivity contribution is -0.117. The van der Waals surface area contributed by atoms with E-state index < -0.39 is 0 Å². The molecule has 0 spiro atoms. The van der Waals surface area contributed by atoms with Crippen LogP contribution in [0.15, 0.2) is 23.9 Å². The first-order valence-corrected chi connectivity index (χ1v) is 11.3. The first-order valence-electron chi connectivity index (χ1n) is 11.3. The quantitative estimate of drug-likeness (QED) is 0.732. The van der Waals surface area contributed by atoms with Gasteiger partial charge in [-0.2, -0.15) is 4.98 Å². The summed E-state index contributed by atoms with van der Waals surface area (Å²) in [4.78, 5) is 26.2. The van der Waals surface area contributed by atoms with Crippen molar-refractivity contribution < 1.29 is 14.3 Å². The number of carbonyl (C=O) groups excluding carboxylic acids is 1. The van der Waals surface area contributed by atoms with Crippen LogP contribution >= 0.6 is 0 Å². The van der Waals surface area contributed by atoms with Crippen LogP contribution in [0.4, 0.5) is 11.8 Å². The summed E-state index contributed by atoms with van der Waals surface area (Å²) >= 11 is 0. The second-order valence-corrected chi connectivity index (χ2v) is 9.12. The van der Waals surface area contributed by atoms with E-state index in [0.717, 1.165) is 56.3 Å². The maximum Gasteiger partial charge on any atom is 0.228 e. The Morgan fingerprint density at radius 3 is 2.34 bits per heavy atom. The Morgan fingerprint density at radius 1 is 1.03 bits per heavy atom. The molecule has 1 fully saturated rings. The van der Waals surface area contributed by atoms with E-state index in [-0.39, 0.29) is 11.2 Å². The molecule has 1 aromatic heterocycles. The molecule has 2 aromatic rings. The molecule has 2 N–H and O–H groups in total. The molecule has 1 saturated heterocycles. The monoisotopic (exact) mass is 439 g/mol. The third kappa shape index (κ3) is 4.31. The highest BCUT2D eigenvalue weighted by molar-refractivity contribution is 5.92. The number of benzene rings is 1. The number of ketones is 1. The number of nitrogens with two attached hydrogens (primary N) is 1. The number of allylic oxidation sites excluding steroid dienone is 2.